The van der Waals surface area contributed by atoms with E-state index in [1.807, 2.05) is 32.0 Å². The van der Waals surface area contributed by atoms with Gasteiger partial charge >= 0.3 is 0 Å². The molecule has 0 radical (unpaired) electrons. The smallest absolute Gasteiger partial charge is 0.291 e. The molecule has 0 saturated carbocycles. The van der Waals surface area contributed by atoms with E-state index in [4.69, 9.17) is 16.0 Å². The number of amides is 2. The highest BCUT2D eigenvalue weighted by molar-refractivity contribution is 9.10. The molecule has 0 aliphatic heterocycles. The summed E-state index contributed by atoms with van der Waals surface area (Å²) < 4.78 is 6.61. The van der Waals surface area contributed by atoms with Gasteiger partial charge in [0.2, 0.25) is 0 Å². The number of carbonyl (C=O) groups excluding carboxylic acids is 2. The van der Waals surface area contributed by atoms with Gasteiger partial charge in [-0.25, -0.2) is 0 Å². The summed E-state index contributed by atoms with van der Waals surface area (Å²) in [5.41, 5.74) is 2.25. The quantitative estimate of drug-likeness (QED) is 0.536. The Labute approximate surface area is 170 Å². The van der Waals surface area contributed by atoms with Crippen molar-refractivity contribution in [1.29, 1.82) is 0 Å². The standard InChI is InChI=1S/C20H18BrClN2O3/c1-3-8-23-19(25)14-6-5-13(10-16(14)22)24-20(26)18-11(2)15-9-12(21)4-7-17(15)27-18/h4-7,9-10H,3,8H2,1-2H3,(H,23,25)(H,24,26). The van der Waals surface area contributed by atoms with Gasteiger partial charge in [-0.15, -0.1) is 0 Å². The maximum absolute atomic E-state index is 12.6. The number of furan rings is 1. The van der Waals surface area contributed by atoms with Crippen LogP contribution in [-0.4, -0.2) is 18.4 Å². The Hall–Kier alpha value is -2.31. The van der Waals surface area contributed by atoms with Gasteiger partial charge in [0.1, 0.15) is 5.58 Å². The van der Waals surface area contributed by atoms with Gasteiger partial charge in [-0.05, 0) is 49.7 Å². The Morgan fingerprint density at radius 1 is 1.15 bits per heavy atom. The van der Waals surface area contributed by atoms with Crippen molar-refractivity contribution in [1.82, 2.24) is 5.32 Å². The largest absolute Gasteiger partial charge is 0.451 e. The Kier molecular flexibility index (Phi) is 5.87. The molecule has 3 rings (SSSR count). The summed E-state index contributed by atoms with van der Waals surface area (Å²) in [5.74, 6) is -0.374. The maximum atomic E-state index is 12.6. The Morgan fingerprint density at radius 3 is 2.63 bits per heavy atom. The Balaban J connectivity index is 1.81. The number of hydrogen-bond donors (Lipinski definition) is 2. The minimum atomic E-state index is -0.376. The number of aryl methyl sites for hydroxylation is 1. The highest BCUT2D eigenvalue weighted by Crippen LogP contribution is 2.29. The van der Waals surface area contributed by atoms with Gasteiger partial charge in [-0.3, -0.25) is 9.59 Å². The lowest BCUT2D eigenvalue weighted by molar-refractivity contribution is 0.0953. The molecule has 2 aromatic carbocycles. The van der Waals surface area contributed by atoms with Crippen molar-refractivity contribution in [2.45, 2.75) is 20.3 Å². The highest BCUT2D eigenvalue weighted by Gasteiger charge is 2.19. The van der Waals surface area contributed by atoms with Gasteiger partial charge in [0.05, 0.1) is 10.6 Å². The summed E-state index contributed by atoms with van der Waals surface area (Å²) in [7, 11) is 0. The second-order valence-corrected chi connectivity index (χ2v) is 7.42. The fraction of sp³-hybridized carbons (Fsp3) is 0.200. The minimum absolute atomic E-state index is 0.238. The molecule has 2 N–H and O–H groups in total. The molecule has 1 heterocycles. The van der Waals surface area contributed by atoms with Crippen LogP contribution in [0.1, 0.15) is 39.8 Å². The molecule has 0 unspecified atom stereocenters. The molecule has 0 aliphatic carbocycles. The van der Waals surface area contributed by atoms with Crippen LogP contribution >= 0.6 is 27.5 Å². The van der Waals surface area contributed by atoms with E-state index < -0.39 is 0 Å². The molecule has 5 nitrogen and oxygen atoms in total. The average molecular weight is 450 g/mol. The maximum Gasteiger partial charge on any atom is 0.291 e. The third-order valence-electron chi connectivity index (χ3n) is 4.11. The third-order valence-corrected chi connectivity index (χ3v) is 4.92. The molecule has 3 aromatic rings. The second-order valence-electron chi connectivity index (χ2n) is 6.10. The summed E-state index contributed by atoms with van der Waals surface area (Å²) in [5, 5.41) is 6.68. The summed E-state index contributed by atoms with van der Waals surface area (Å²) in [6, 6.07) is 10.4. The van der Waals surface area contributed by atoms with Gasteiger partial charge in [0.15, 0.2) is 5.76 Å². The van der Waals surface area contributed by atoms with Gasteiger partial charge < -0.3 is 15.1 Å². The molecule has 0 bridgehead atoms. The first-order chi connectivity index (χ1) is 12.9. The molecule has 0 atom stereocenters. The Morgan fingerprint density at radius 2 is 1.93 bits per heavy atom. The normalized spacial score (nSPS) is 10.8. The SMILES string of the molecule is CCCNC(=O)c1ccc(NC(=O)c2oc3ccc(Br)cc3c2C)cc1Cl. The third kappa shape index (κ3) is 4.17. The molecular weight excluding hydrogens is 432 g/mol. The van der Waals surface area contributed by atoms with E-state index in [2.05, 4.69) is 26.6 Å². The van der Waals surface area contributed by atoms with Gasteiger partial charge in [-0.1, -0.05) is 34.5 Å². The monoisotopic (exact) mass is 448 g/mol. The lowest BCUT2D eigenvalue weighted by Crippen LogP contribution is -2.24. The predicted octanol–water partition coefficient (Wildman–Crippen LogP) is 5.55. The zero-order chi connectivity index (χ0) is 19.6. The molecule has 0 fully saturated rings. The van der Waals surface area contributed by atoms with Crippen LogP contribution in [0.25, 0.3) is 11.0 Å². The van der Waals surface area contributed by atoms with E-state index >= 15 is 0 Å². The summed E-state index contributed by atoms with van der Waals surface area (Å²) in [4.78, 5) is 24.7. The number of benzene rings is 2. The van der Waals surface area contributed by atoms with Crippen LogP contribution in [0.4, 0.5) is 5.69 Å². The van der Waals surface area contributed by atoms with Crippen LogP contribution in [0.3, 0.4) is 0 Å². The fourth-order valence-corrected chi connectivity index (χ4v) is 3.34. The zero-order valence-corrected chi connectivity index (χ0v) is 17.2. The minimum Gasteiger partial charge on any atom is -0.451 e. The summed E-state index contributed by atoms with van der Waals surface area (Å²) in [6.07, 6.45) is 0.838. The predicted molar refractivity (Wildman–Crippen MR) is 111 cm³/mol. The van der Waals surface area contributed by atoms with Crippen molar-refractivity contribution in [2.75, 3.05) is 11.9 Å². The van der Waals surface area contributed by atoms with Crippen LogP contribution in [0.15, 0.2) is 45.3 Å². The lowest BCUT2D eigenvalue weighted by Gasteiger charge is -2.08. The van der Waals surface area contributed by atoms with Gasteiger partial charge in [0, 0.05) is 27.7 Å². The number of halogens is 2. The van der Waals surface area contributed by atoms with E-state index in [0.29, 0.717) is 23.4 Å². The second kappa shape index (κ2) is 8.15. The summed E-state index contributed by atoms with van der Waals surface area (Å²) >= 11 is 9.62. The van der Waals surface area contributed by atoms with E-state index in [0.717, 1.165) is 21.8 Å². The summed E-state index contributed by atoms with van der Waals surface area (Å²) in [6.45, 7) is 4.38. The van der Waals surface area contributed by atoms with Gasteiger partial charge in [0.25, 0.3) is 11.8 Å². The highest BCUT2D eigenvalue weighted by atomic mass is 79.9. The van der Waals surface area contributed by atoms with E-state index in [-0.39, 0.29) is 22.6 Å². The fourth-order valence-electron chi connectivity index (χ4n) is 2.71. The van der Waals surface area contributed by atoms with Crippen molar-refractivity contribution >= 4 is 56.0 Å². The molecule has 27 heavy (non-hydrogen) atoms. The van der Waals surface area contributed by atoms with Crippen LogP contribution in [0.5, 0.6) is 0 Å². The molecule has 7 heteroatoms. The van der Waals surface area contributed by atoms with E-state index in [1.165, 1.54) is 0 Å². The molecule has 1 aromatic heterocycles. The van der Waals surface area contributed by atoms with Crippen LogP contribution in [0, 0.1) is 6.92 Å². The number of carbonyl (C=O) groups is 2. The van der Waals surface area contributed by atoms with Crippen molar-refractivity contribution in [3.8, 4) is 0 Å². The van der Waals surface area contributed by atoms with Crippen molar-refractivity contribution in [3.05, 3.63) is 62.8 Å². The molecule has 140 valence electrons. The Bertz CT molecular complexity index is 1030. The van der Waals surface area contributed by atoms with Crippen LogP contribution < -0.4 is 10.6 Å². The van der Waals surface area contributed by atoms with Crippen LogP contribution in [0.2, 0.25) is 5.02 Å². The average Bonchev–Trinajstić information content (AvgIpc) is 2.96. The molecule has 0 saturated heterocycles. The molecule has 2 amide bonds. The zero-order valence-electron chi connectivity index (χ0n) is 14.9. The first-order valence-corrected chi connectivity index (χ1v) is 9.65. The van der Waals surface area contributed by atoms with E-state index in [9.17, 15) is 9.59 Å². The number of fused-ring (bicyclic) bond motifs is 1. The number of hydrogen-bond acceptors (Lipinski definition) is 3. The topological polar surface area (TPSA) is 71.3 Å². The van der Waals surface area contributed by atoms with E-state index in [1.54, 1.807) is 18.2 Å². The van der Waals surface area contributed by atoms with Crippen molar-refractivity contribution in [2.24, 2.45) is 0 Å². The molecule has 0 aliphatic rings. The molecular formula is C20H18BrClN2O3. The van der Waals surface area contributed by atoms with Crippen molar-refractivity contribution < 1.29 is 14.0 Å². The number of anilines is 1. The van der Waals surface area contributed by atoms with Crippen LogP contribution in [-0.2, 0) is 0 Å². The number of rotatable bonds is 5. The molecule has 0 spiro atoms. The van der Waals surface area contributed by atoms with Crippen molar-refractivity contribution in [3.63, 3.8) is 0 Å². The number of nitrogens with one attached hydrogen (secondary N) is 2. The lowest BCUT2D eigenvalue weighted by atomic mass is 10.1. The first-order valence-electron chi connectivity index (χ1n) is 8.48. The van der Waals surface area contributed by atoms with Gasteiger partial charge in [-0.2, -0.15) is 0 Å². The first kappa shape index (κ1) is 19.5.